The van der Waals surface area contributed by atoms with Gasteiger partial charge in [0, 0.05) is 38.4 Å². The van der Waals surface area contributed by atoms with Crippen molar-refractivity contribution < 1.29 is 14.3 Å². The Morgan fingerprint density at radius 1 is 1.35 bits per heavy atom. The molecule has 142 valence electrons. The summed E-state index contributed by atoms with van der Waals surface area (Å²) in [6.07, 6.45) is 5.20. The highest BCUT2D eigenvalue weighted by atomic mass is 16.5. The average Bonchev–Trinajstić information content (AvgIpc) is 3.26. The molecular weight excluding hydrogens is 334 g/mol. The van der Waals surface area contributed by atoms with Crippen molar-refractivity contribution in [3.05, 3.63) is 24.4 Å². The maximum Gasteiger partial charge on any atom is 0.243 e. The van der Waals surface area contributed by atoms with E-state index in [1.807, 2.05) is 30.0 Å². The zero-order chi connectivity index (χ0) is 18.1. The fraction of sp³-hybridized carbons (Fsp3) is 0.667. The molecule has 1 amide bonds. The van der Waals surface area contributed by atoms with E-state index in [2.05, 4.69) is 21.4 Å². The van der Waals surface area contributed by atoms with Crippen LogP contribution in [0.1, 0.15) is 32.6 Å². The van der Waals surface area contributed by atoms with Crippen LogP contribution in [0.5, 0.6) is 5.88 Å². The zero-order valence-electron chi connectivity index (χ0n) is 15.3. The molecule has 2 saturated heterocycles. The van der Waals surface area contributed by atoms with Crippen LogP contribution in [0.4, 0.5) is 0 Å². The average molecular weight is 361 g/mol. The van der Waals surface area contributed by atoms with E-state index >= 15 is 0 Å². The van der Waals surface area contributed by atoms with Gasteiger partial charge in [0.25, 0.3) is 0 Å². The number of carbonyl (C=O) groups excluding carboxylic acids is 1. The fourth-order valence-corrected chi connectivity index (χ4v) is 4.52. The Hall–Kier alpha value is -1.74. The summed E-state index contributed by atoms with van der Waals surface area (Å²) in [5.74, 6) is 0.746. The van der Waals surface area contributed by atoms with Crippen LogP contribution in [0.25, 0.3) is 0 Å². The molecule has 1 aromatic heterocycles. The van der Waals surface area contributed by atoms with Crippen LogP contribution < -0.4 is 21.1 Å². The number of carbonyl (C=O) groups is 1. The van der Waals surface area contributed by atoms with Crippen molar-refractivity contribution >= 4 is 5.91 Å². The molecule has 0 spiro atoms. The second kappa shape index (κ2) is 7.11. The lowest BCUT2D eigenvalue weighted by molar-refractivity contribution is -0.141. The van der Waals surface area contributed by atoms with Gasteiger partial charge < -0.3 is 14.4 Å². The minimum atomic E-state index is -0.278. The Bertz CT molecular complexity index is 645. The number of hydrogen-bond acceptors (Lipinski definition) is 7. The highest BCUT2D eigenvalue weighted by Crippen LogP contribution is 2.43. The van der Waals surface area contributed by atoms with E-state index in [4.69, 9.17) is 9.47 Å². The standard InChI is InChI=1S/C18H27N5O3/c1-12-16(21-22-20-12)17(24)23-10-8-18(25-2)7-6-13(11-14(18)23)26-15-5-3-4-9-19-15/h3-5,9,12-14,16,20-22H,6-8,10-11H2,1-2H3/t12?,13-,14+,16?,18-/m1/s1. The van der Waals surface area contributed by atoms with Gasteiger partial charge in [0.1, 0.15) is 12.1 Å². The molecule has 0 radical (unpaired) electrons. The van der Waals surface area contributed by atoms with Gasteiger partial charge in [0.15, 0.2) is 0 Å². The molecular formula is C18H27N5O3. The summed E-state index contributed by atoms with van der Waals surface area (Å²) in [6.45, 7) is 2.71. The number of fused-ring (bicyclic) bond motifs is 1. The van der Waals surface area contributed by atoms with Gasteiger partial charge in [-0.25, -0.2) is 15.8 Å². The number of rotatable bonds is 4. The minimum Gasteiger partial charge on any atom is -0.474 e. The lowest BCUT2D eigenvalue weighted by Crippen LogP contribution is -2.57. The van der Waals surface area contributed by atoms with Crippen molar-refractivity contribution in [1.29, 1.82) is 0 Å². The van der Waals surface area contributed by atoms with Gasteiger partial charge in [-0.2, -0.15) is 5.53 Å². The minimum absolute atomic E-state index is 0.0251. The maximum absolute atomic E-state index is 13.1. The Kier molecular flexibility index (Phi) is 4.83. The van der Waals surface area contributed by atoms with E-state index < -0.39 is 0 Å². The van der Waals surface area contributed by atoms with Crippen LogP contribution in [0.2, 0.25) is 0 Å². The molecule has 1 aliphatic carbocycles. The van der Waals surface area contributed by atoms with Gasteiger partial charge in [-0.3, -0.25) is 4.79 Å². The lowest BCUT2D eigenvalue weighted by Gasteiger charge is -2.43. The van der Waals surface area contributed by atoms with Gasteiger partial charge in [-0.15, -0.1) is 0 Å². The summed E-state index contributed by atoms with van der Waals surface area (Å²) < 4.78 is 12.0. The van der Waals surface area contributed by atoms with Gasteiger partial charge >= 0.3 is 0 Å². The number of hydrazine groups is 2. The van der Waals surface area contributed by atoms with Crippen molar-refractivity contribution in [2.24, 2.45) is 0 Å². The third-order valence-corrected chi connectivity index (χ3v) is 6.04. The van der Waals surface area contributed by atoms with Crippen LogP contribution in [0, 0.1) is 0 Å². The number of pyridine rings is 1. The second-order valence-electron chi connectivity index (χ2n) is 7.43. The normalized spacial score (nSPS) is 36.8. The molecule has 3 N–H and O–H groups in total. The predicted octanol–water partition coefficient (Wildman–Crippen LogP) is 0.369. The summed E-state index contributed by atoms with van der Waals surface area (Å²) >= 11 is 0. The first-order chi connectivity index (χ1) is 12.6. The molecule has 3 heterocycles. The number of hydrogen-bond donors (Lipinski definition) is 3. The van der Waals surface area contributed by atoms with E-state index in [9.17, 15) is 4.79 Å². The zero-order valence-corrected chi connectivity index (χ0v) is 15.3. The number of aromatic nitrogens is 1. The summed E-state index contributed by atoms with van der Waals surface area (Å²) in [6, 6.07) is 5.44. The number of nitrogens with zero attached hydrogens (tertiary/aromatic N) is 2. The monoisotopic (exact) mass is 361 g/mol. The number of amides is 1. The Labute approximate surface area is 153 Å². The third kappa shape index (κ3) is 3.07. The van der Waals surface area contributed by atoms with E-state index in [0.717, 1.165) is 32.2 Å². The number of likely N-dealkylation sites (tertiary alicyclic amines) is 1. The molecule has 1 saturated carbocycles. The van der Waals surface area contributed by atoms with Crippen LogP contribution in [-0.4, -0.2) is 59.3 Å². The van der Waals surface area contributed by atoms with E-state index in [-0.39, 0.29) is 35.7 Å². The highest BCUT2D eigenvalue weighted by molar-refractivity contribution is 5.83. The number of methoxy groups -OCH3 is 1. The van der Waals surface area contributed by atoms with Crippen molar-refractivity contribution in [3.8, 4) is 5.88 Å². The fourth-order valence-electron chi connectivity index (χ4n) is 4.52. The molecule has 3 fully saturated rings. The molecule has 8 nitrogen and oxygen atoms in total. The highest BCUT2D eigenvalue weighted by Gasteiger charge is 2.54. The lowest BCUT2D eigenvalue weighted by atomic mass is 9.79. The summed E-state index contributed by atoms with van der Waals surface area (Å²) in [5, 5.41) is 0. The molecule has 4 rings (SSSR count). The number of ether oxygens (including phenoxy) is 2. The Morgan fingerprint density at radius 3 is 2.92 bits per heavy atom. The molecule has 0 bridgehead atoms. The van der Waals surface area contributed by atoms with Crippen molar-refractivity contribution in [3.63, 3.8) is 0 Å². The van der Waals surface area contributed by atoms with E-state index in [1.165, 1.54) is 0 Å². The first-order valence-corrected chi connectivity index (χ1v) is 9.32. The van der Waals surface area contributed by atoms with Crippen molar-refractivity contribution in [2.75, 3.05) is 13.7 Å². The quantitative estimate of drug-likeness (QED) is 0.714. The molecule has 5 atom stereocenters. The predicted molar refractivity (Wildman–Crippen MR) is 95.0 cm³/mol. The number of nitrogens with one attached hydrogen (secondary N) is 3. The first-order valence-electron chi connectivity index (χ1n) is 9.32. The molecule has 26 heavy (non-hydrogen) atoms. The third-order valence-electron chi connectivity index (χ3n) is 6.04. The summed E-state index contributed by atoms with van der Waals surface area (Å²) in [5.41, 5.74) is 8.65. The molecule has 2 unspecified atom stereocenters. The van der Waals surface area contributed by atoms with Gasteiger partial charge in [0.05, 0.1) is 11.6 Å². The van der Waals surface area contributed by atoms with Gasteiger partial charge in [-0.1, -0.05) is 6.07 Å². The smallest absolute Gasteiger partial charge is 0.243 e. The first kappa shape index (κ1) is 17.7. The van der Waals surface area contributed by atoms with Crippen LogP contribution in [0.15, 0.2) is 24.4 Å². The largest absolute Gasteiger partial charge is 0.474 e. The molecule has 0 aromatic carbocycles. The van der Waals surface area contributed by atoms with Crippen molar-refractivity contribution in [1.82, 2.24) is 26.3 Å². The Morgan fingerprint density at radius 2 is 2.23 bits per heavy atom. The van der Waals surface area contributed by atoms with Gasteiger partial charge in [0.2, 0.25) is 11.8 Å². The van der Waals surface area contributed by atoms with Crippen LogP contribution in [-0.2, 0) is 9.53 Å². The SMILES string of the molecule is CO[C@@]12CC[C@@H](Oc3ccccn3)C[C@@H]1N(C(=O)C1NNNC1C)CC2. The maximum atomic E-state index is 13.1. The summed E-state index contributed by atoms with van der Waals surface area (Å²) in [4.78, 5) is 19.4. The topological polar surface area (TPSA) is 87.8 Å². The van der Waals surface area contributed by atoms with E-state index in [0.29, 0.717) is 5.88 Å². The Balaban J connectivity index is 1.50. The molecule has 1 aromatic rings. The molecule has 8 heteroatoms. The van der Waals surface area contributed by atoms with Crippen LogP contribution in [0.3, 0.4) is 0 Å². The van der Waals surface area contributed by atoms with Crippen LogP contribution >= 0.6 is 0 Å². The van der Waals surface area contributed by atoms with E-state index in [1.54, 1.807) is 13.3 Å². The van der Waals surface area contributed by atoms with Gasteiger partial charge in [-0.05, 0) is 32.3 Å². The molecule has 2 aliphatic heterocycles. The molecule has 3 aliphatic rings. The van der Waals surface area contributed by atoms with Crippen molar-refractivity contribution in [2.45, 2.75) is 62.4 Å². The second-order valence-corrected chi connectivity index (χ2v) is 7.43. The summed E-state index contributed by atoms with van der Waals surface area (Å²) in [7, 11) is 1.76.